The van der Waals surface area contributed by atoms with Crippen LogP contribution in [-0.4, -0.2) is 5.91 Å². The first-order chi connectivity index (χ1) is 13.5. The molecule has 0 unspecified atom stereocenters. The highest BCUT2D eigenvalue weighted by molar-refractivity contribution is 7.21. The van der Waals surface area contributed by atoms with Gasteiger partial charge in [-0.2, -0.15) is 0 Å². The van der Waals surface area contributed by atoms with Gasteiger partial charge in [0.05, 0.1) is 20.6 Å². The Hall–Kier alpha value is -2.33. The molecule has 0 aliphatic carbocycles. The summed E-state index contributed by atoms with van der Waals surface area (Å²) in [7, 11) is 0. The van der Waals surface area contributed by atoms with E-state index in [0.29, 0.717) is 27.0 Å². The van der Waals surface area contributed by atoms with Crippen molar-refractivity contribution in [3.8, 4) is 0 Å². The van der Waals surface area contributed by atoms with Crippen LogP contribution in [0.2, 0.25) is 10.0 Å². The highest BCUT2D eigenvalue weighted by atomic mass is 35.5. The molecule has 0 spiro atoms. The molecule has 1 heterocycles. The van der Waals surface area contributed by atoms with Crippen LogP contribution in [0.15, 0.2) is 66.7 Å². The van der Waals surface area contributed by atoms with Crippen LogP contribution in [0.4, 0.5) is 5.69 Å². The van der Waals surface area contributed by atoms with Crippen molar-refractivity contribution in [1.29, 1.82) is 0 Å². The minimum absolute atomic E-state index is 0.174. The van der Waals surface area contributed by atoms with Gasteiger partial charge in [-0.1, -0.05) is 77.3 Å². The molecule has 0 aliphatic rings. The zero-order chi connectivity index (χ0) is 19.7. The number of hydrogen-bond acceptors (Lipinski definition) is 2. The molecule has 140 valence electrons. The van der Waals surface area contributed by atoms with E-state index in [4.69, 9.17) is 23.2 Å². The van der Waals surface area contributed by atoms with E-state index in [2.05, 4.69) is 42.6 Å². The third-order valence-electron chi connectivity index (χ3n) is 4.61. The smallest absolute Gasteiger partial charge is 0.266 e. The first-order valence-corrected chi connectivity index (χ1v) is 10.4. The predicted octanol–water partition coefficient (Wildman–Crippen LogP) is 7.36. The molecule has 1 N–H and O–H groups in total. The average molecular weight is 426 g/mol. The van der Waals surface area contributed by atoms with Crippen LogP contribution >= 0.6 is 34.5 Å². The van der Waals surface area contributed by atoms with Crippen molar-refractivity contribution in [2.45, 2.75) is 13.3 Å². The molecule has 5 heteroatoms. The molecular weight excluding hydrogens is 409 g/mol. The van der Waals surface area contributed by atoms with E-state index in [9.17, 15) is 4.79 Å². The summed E-state index contributed by atoms with van der Waals surface area (Å²) < 4.78 is 1.09. The summed E-state index contributed by atoms with van der Waals surface area (Å²) in [6.07, 6.45) is 0.691. The topological polar surface area (TPSA) is 29.1 Å². The number of halogens is 2. The fourth-order valence-electron chi connectivity index (χ4n) is 3.15. The van der Waals surface area contributed by atoms with Crippen molar-refractivity contribution in [3.63, 3.8) is 0 Å². The van der Waals surface area contributed by atoms with Gasteiger partial charge in [-0.25, -0.2) is 0 Å². The molecule has 3 aromatic carbocycles. The second-order valence-corrected chi connectivity index (χ2v) is 8.46. The summed E-state index contributed by atoms with van der Waals surface area (Å²) in [4.78, 5) is 13.8. The Labute approximate surface area is 177 Å². The fourth-order valence-corrected chi connectivity index (χ4v) is 4.61. The lowest BCUT2D eigenvalue weighted by Crippen LogP contribution is -2.12. The van der Waals surface area contributed by atoms with Crippen LogP contribution in [0.1, 0.15) is 26.4 Å². The highest BCUT2D eigenvalue weighted by Crippen LogP contribution is 2.35. The van der Waals surface area contributed by atoms with E-state index in [1.165, 1.54) is 22.5 Å². The Bertz CT molecular complexity index is 1170. The van der Waals surface area contributed by atoms with Crippen molar-refractivity contribution in [1.82, 2.24) is 0 Å². The minimum atomic E-state index is -0.174. The number of thiophene rings is 1. The summed E-state index contributed by atoms with van der Waals surface area (Å²) in [6.45, 7) is 2.07. The molecule has 0 bridgehead atoms. The van der Waals surface area contributed by atoms with Crippen LogP contribution < -0.4 is 5.32 Å². The Morgan fingerprint density at radius 2 is 1.71 bits per heavy atom. The first kappa shape index (κ1) is 19.0. The van der Waals surface area contributed by atoms with Crippen molar-refractivity contribution in [3.05, 3.63) is 98.3 Å². The zero-order valence-corrected chi connectivity index (χ0v) is 17.5. The maximum atomic E-state index is 13.1. The van der Waals surface area contributed by atoms with Crippen LogP contribution in [0, 0.1) is 6.92 Å². The molecule has 0 saturated carbocycles. The lowest BCUT2D eigenvalue weighted by Gasteiger charge is -2.09. The summed E-state index contributed by atoms with van der Waals surface area (Å²) in [6, 6.07) is 21.7. The SMILES string of the molecule is Cc1ccc(Cc2c(C(=O)Nc3cccc(Cl)c3Cl)sc3ccccc23)cc1. The summed E-state index contributed by atoms with van der Waals surface area (Å²) in [5, 5.41) is 4.78. The average Bonchev–Trinajstić information content (AvgIpc) is 3.06. The number of carbonyl (C=O) groups excluding carboxylic acids is 1. The van der Waals surface area contributed by atoms with E-state index >= 15 is 0 Å². The number of benzene rings is 3. The van der Waals surface area contributed by atoms with Gasteiger partial charge in [0.15, 0.2) is 0 Å². The second kappa shape index (κ2) is 7.96. The van der Waals surface area contributed by atoms with Crippen LogP contribution in [-0.2, 0) is 6.42 Å². The minimum Gasteiger partial charge on any atom is -0.320 e. The lowest BCUT2D eigenvalue weighted by molar-refractivity contribution is 0.103. The maximum absolute atomic E-state index is 13.1. The quantitative estimate of drug-likeness (QED) is 0.363. The second-order valence-electron chi connectivity index (χ2n) is 6.62. The number of fused-ring (bicyclic) bond motifs is 1. The third kappa shape index (κ3) is 3.79. The molecule has 4 aromatic rings. The first-order valence-electron chi connectivity index (χ1n) is 8.84. The van der Waals surface area contributed by atoms with Crippen LogP contribution in [0.25, 0.3) is 10.1 Å². The number of hydrogen-bond donors (Lipinski definition) is 1. The molecule has 0 radical (unpaired) electrons. The van der Waals surface area contributed by atoms with Gasteiger partial charge in [0.2, 0.25) is 0 Å². The maximum Gasteiger partial charge on any atom is 0.266 e. The van der Waals surface area contributed by atoms with Crippen LogP contribution in [0.3, 0.4) is 0 Å². The molecular formula is C23H17Cl2NOS. The van der Waals surface area contributed by atoms with E-state index in [1.807, 2.05) is 18.2 Å². The van der Waals surface area contributed by atoms with Crippen molar-refractivity contribution < 1.29 is 4.79 Å². The Morgan fingerprint density at radius 3 is 2.50 bits per heavy atom. The predicted molar refractivity (Wildman–Crippen MR) is 120 cm³/mol. The molecule has 28 heavy (non-hydrogen) atoms. The molecule has 0 saturated heterocycles. The van der Waals surface area contributed by atoms with Gasteiger partial charge in [-0.05, 0) is 48.1 Å². The zero-order valence-electron chi connectivity index (χ0n) is 15.1. The van der Waals surface area contributed by atoms with Gasteiger partial charge in [0.25, 0.3) is 5.91 Å². The fraction of sp³-hybridized carbons (Fsp3) is 0.0870. The summed E-state index contributed by atoms with van der Waals surface area (Å²) >= 11 is 13.8. The molecule has 0 atom stereocenters. The lowest BCUT2D eigenvalue weighted by atomic mass is 10.0. The number of carbonyl (C=O) groups is 1. The number of anilines is 1. The Balaban J connectivity index is 1.74. The van der Waals surface area contributed by atoms with Gasteiger partial charge in [-0.3, -0.25) is 4.79 Å². The third-order valence-corrected chi connectivity index (χ3v) is 6.64. The molecule has 2 nitrogen and oxygen atoms in total. The summed E-state index contributed by atoms with van der Waals surface area (Å²) in [5.74, 6) is -0.174. The molecule has 1 amide bonds. The highest BCUT2D eigenvalue weighted by Gasteiger charge is 2.20. The van der Waals surface area contributed by atoms with Crippen LogP contribution in [0.5, 0.6) is 0 Å². The van der Waals surface area contributed by atoms with Crippen molar-refractivity contribution >= 4 is 56.2 Å². The number of amides is 1. The van der Waals surface area contributed by atoms with E-state index in [1.54, 1.807) is 18.2 Å². The molecule has 0 fully saturated rings. The van der Waals surface area contributed by atoms with Gasteiger partial charge in [0.1, 0.15) is 0 Å². The standard InChI is InChI=1S/C23H17Cl2NOS/c1-14-9-11-15(12-10-14)13-17-16-5-2-3-8-20(16)28-22(17)23(27)26-19-7-4-6-18(24)21(19)25/h2-12H,13H2,1H3,(H,26,27). The number of aryl methyl sites for hydroxylation is 1. The molecule has 1 aromatic heterocycles. The normalized spacial score (nSPS) is 11.0. The van der Waals surface area contributed by atoms with E-state index in [-0.39, 0.29) is 5.91 Å². The van der Waals surface area contributed by atoms with E-state index < -0.39 is 0 Å². The monoisotopic (exact) mass is 425 g/mol. The molecule has 0 aliphatic heterocycles. The van der Waals surface area contributed by atoms with Gasteiger partial charge >= 0.3 is 0 Å². The number of rotatable bonds is 4. The van der Waals surface area contributed by atoms with Gasteiger partial charge in [0, 0.05) is 4.70 Å². The van der Waals surface area contributed by atoms with Gasteiger partial charge in [-0.15, -0.1) is 11.3 Å². The van der Waals surface area contributed by atoms with Crippen molar-refractivity contribution in [2.24, 2.45) is 0 Å². The largest absolute Gasteiger partial charge is 0.320 e. The Kier molecular flexibility index (Phi) is 5.40. The van der Waals surface area contributed by atoms with Crippen molar-refractivity contribution in [2.75, 3.05) is 5.32 Å². The van der Waals surface area contributed by atoms with Gasteiger partial charge < -0.3 is 5.32 Å². The van der Waals surface area contributed by atoms with E-state index in [0.717, 1.165) is 15.6 Å². The Morgan fingerprint density at radius 1 is 0.964 bits per heavy atom. The molecule has 4 rings (SSSR count). The summed E-state index contributed by atoms with van der Waals surface area (Å²) in [5.41, 5.74) is 3.93. The number of nitrogens with one attached hydrogen (secondary N) is 1.